The highest BCUT2D eigenvalue weighted by Crippen LogP contribution is 2.28. The quantitative estimate of drug-likeness (QED) is 0.553. The SMILES string of the molecule is CC(C)(C)C(=O)Nc1c(CN)cc(Cl)cc1C(=O)NNCc1ccc(F)cc1. The zero-order chi connectivity index (χ0) is 20.9. The number of nitrogens with two attached hydrogens (primary N) is 1. The molecule has 0 aromatic heterocycles. The van der Waals surface area contributed by atoms with Gasteiger partial charge in [0.25, 0.3) is 5.91 Å². The number of halogens is 2. The third kappa shape index (κ3) is 5.76. The van der Waals surface area contributed by atoms with Gasteiger partial charge in [0, 0.05) is 23.5 Å². The van der Waals surface area contributed by atoms with Crippen molar-refractivity contribution in [3.8, 4) is 0 Å². The molecule has 0 aliphatic heterocycles. The molecule has 0 spiro atoms. The van der Waals surface area contributed by atoms with Gasteiger partial charge in [-0.3, -0.25) is 15.0 Å². The smallest absolute Gasteiger partial charge is 0.267 e. The average Bonchev–Trinajstić information content (AvgIpc) is 2.63. The van der Waals surface area contributed by atoms with Crippen molar-refractivity contribution in [1.82, 2.24) is 10.9 Å². The molecule has 8 heteroatoms. The molecule has 0 saturated heterocycles. The van der Waals surface area contributed by atoms with Gasteiger partial charge in [-0.1, -0.05) is 44.5 Å². The van der Waals surface area contributed by atoms with Crippen molar-refractivity contribution in [2.75, 3.05) is 5.32 Å². The van der Waals surface area contributed by atoms with E-state index in [9.17, 15) is 14.0 Å². The molecule has 2 aromatic rings. The number of hydrogen-bond acceptors (Lipinski definition) is 4. The van der Waals surface area contributed by atoms with E-state index in [4.69, 9.17) is 17.3 Å². The van der Waals surface area contributed by atoms with Gasteiger partial charge >= 0.3 is 0 Å². The maximum Gasteiger partial charge on any atom is 0.267 e. The van der Waals surface area contributed by atoms with Gasteiger partial charge in [-0.05, 0) is 35.4 Å². The number of anilines is 1. The molecular weight excluding hydrogens is 383 g/mol. The van der Waals surface area contributed by atoms with Gasteiger partial charge < -0.3 is 11.1 Å². The second kappa shape index (κ2) is 9.14. The van der Waals surface area contributed by atoms with E-state index in [1.807, 2.05) is 0 Å². The van der Waals surface area contributed by atoms with Crippen LogP contribution in [0.3, 0.4) is 0 Å². The summed E-state index contributed by atoms with van der Waals surface area (Å²) in [5.74, 6) is -1.07. The number of amides is 2. The molecule has 0 fully saturated rings. The lowest BCUT2D eigenvalue weighted by atomic mass is 9.95. The number of benzene rings is 2. The third-order valence-electron chi connectivity index (χ3n) is 3.98. The van der Waals surface area contributed by atoms with E-state index in [1.165, 1.54) is 18.2 Å². The van der Waals surface area contributed by atoms with Crippen LogP contribution in [0.25, 0.3) is 0 Å². The predicted octanol–water partition coefficient (Wildman–Crippen LogP) is 3.36. The topological polar surface area (TPSA) is 96.2 Å². The number of nitrogens with one attached hydrogen (secondary N) is 3. The van der Waals surface area contributed by atoms with Crippen LogP contribution in [0.5, 0.6) is 0 Å². The average molecular weight is 407 g/mol. The van der Waals surface area contributed by atoms with Gasteiger partial charge in [0.05, 0.1) is 11.3 Å². The van der Waals surface area contributed by atoms with Crippen LogP contribution >= 0.6 is 11.6 Å². The Morgan fingerprint density at radius 3 is 2.36 bits per heavy atom. The van der Waals surface area contributed by atoms with Crippen molar-refractivity contribution < 1.29 is 14.0 Å². The Morgan fingerprint density at radius 2 is 1.79 bits per heavy atom. The van der Waals surface area contributed by atoms with E-state index in [0.29, 0.717) is 22.8 Å². The summed E-state index contributed by atoms with van der Waals surface area (Å²) >= 11 is 6.11. The molecule has 2 aromatic carbocycles. The van der Waals surface area contributed by atoms with E-state index < -0.39 is 11.3 Å². The zero-order valence-corrected chi connectivity index (χ0v) is 16.8. The minimum atomic E-state index is -0.653. The lowest BCUT2D eigenvalue weighted by Gasteiger charge is -2.21. The maximum absolute atomic E-state index is 13.0. The van der Waals surface area contributed by atoms with Crippen LogP contribution in [0, 0.1) is 11.2 Å². The molecule has 0 unspecified atom stereocenters. The minimum absolute atomic E-state index is 0.101. The summed E-state index contributed by atoms with van der Waals surface area (Å²) in [6, 6.07) is 8.97. The van der Waals surface area contributed by atoms with Crippen LogP contribution in [0.1, 0.15) is 42.3 Å². The number of hydrogen-bond donors (Lipinski definition) is 4. The van der Waals surface area contributed by atoms with Gasteiger partial charge in [-0.15, -0.1) is 0 Å². The number of hydrazine groups is 1. The van der Waals surface area contributed by atoms with Crippen LogP contribution in [0.4, 0.5) is 10.1 Å². The summed E-state index contributed by atoms with van der Waals surface area (Å²) in [6.45, 7) is 5.70. The summed E-state index contributed by atoms with van der Waals surface area (Å²) in [4.78, 5) is 25.1. The van der Waals surface area contributed by atoms with Crippen molar-refractivity contribution >= 4 is 29.1 Å². The summed E-state index contributed by atoms with van der Waals surface area (Å²) in [7, 11) is 0. The highest BCUT2D eigenvalue weighted by molar-refractivity contribution is 6.31. The van der Waals surface area contributed by atoms with E-state index in [2.05, 4.69) is 16.2 Å². The Hall–Kier alpha value is -2.48. The van der Waals surface area contributed by atoms with Crippen molar-refractivity contribution in [3.05, 3.63) is 63.9 Å². The molecule has 0 bridgehead atoms. The molecule has 0 saturated carbocycles. The van der Waals surface area contributed by atoms with Crippen LogP contribution in [0.15, 0.2) is 36.4 Å². The van der Waals surface area contributed by atoms with E-state index in [-0.39, 0.29) is 23.8 Å². The summed E-state index contributed by atoms with van der Waals surface area (Å²) < 4.78 is 13.0. The fraction of sp³-hybridized carbons (Fsp3) is 0.300. The second-order valence-electron chi connectivity index (χ2n) is 7.33. The lowest BCUT2D eigenvalue weighted by Crippen LogP contribution is -2.38. The predicted molar refractivity (Wildman–Crippen MR) is 108 cm³/mol. The fourth-order valence-corrected chi connectivity index (χ4v) is 2.59. The second-order valence-corrected chi connectivity index (χ2v) is 7.77. The van der Waals surface area contributed by atoms with Crippen molar-refractivity contribution in [1.29, 1.82) is 0 Å². The largest absolute Gasteiger partial charge is 0.326 e. The van der Waals surface area contributed by atoms with Crippen LogP contribution in [-0.2, 0) is 17.9 Å². The monoisotopic (exact) mass is 406 g/mol. The number of carbonyl (C=O) groups is 2. The van der Waals surface area contributed by atoms with Gasteiger partial charge in [0.1, 0.15) is 5.82 Å². The number of rotatable bonds is 6. The van der Waals surface area contributed by atoms with Crippen LogP contribution in [-0.4, -0.2) is 11.8 Å². The molecule has 6 nitrogen and oxygen atoms in total. The maximum atomic E-state index is 13.0. The first-order valence-electron chi connectivity index (χ1n) is 8.73. The number of carbonyl (C=O) groups excluding carboxylic acids is 2. The fourth-order valence-electron chi connectivity index (χ4n) is 2.35. The highest BCUT2D eigenvalue weighted by Gasteiger charge is 2.25. The van der Waals surface area contributed by atoms with Crippen LogP contribution < -0.4 is 21.9 Å². The van der Waals surface area contributed by atoms with Gasteiger partial charge in [-0.2, -0.15) is 0 Å². The Labute approximate surface area is 168 Å². The minimum Gasteiger partial charge on any atom is -0.326 e. The van der Waals surface area contributed by atoms with E-state index in [1.54, 1.807) is 39.0 Å². The molecule has 150 valence electrons. The molecule has 28 heavy (non-hydrogen) atoms. The van der Waals surface area contributed by atoms with Gasteiger partial charge in [0.15, 0.2) is 0 Å². The van der Waals surface area contributed by atoms with Crippen molar-refractivity contribution in [2.45, 2.75) is 33.9 Å². The lowest BCUT2D eigenvalue weighted by molar-refractivity contribution is -0.123. The Bertz CT molecular complexity index is 864. The van der Waals surface area contributed by atoms with Crippen LogP contribution in [0.2, 0.25) is 5.02 Å². The first-order valence-corrected chi connectivity index (χ1v) is 9.11. The standard InChI is InChI=1S/C20H24ClFN4O2/c1-20(2,3)19(28)25-17-13(10-23)8-14(21)9-16(17)18(27)26-24-11-12-4-6-15(22)7-5-12/h4-9,24H,10-11,23H2,1-3H3,(H,25,28)(H,26,27). The van der Waals surface area contributed by atoms with Gasteiger partial charge in [-0.25, -0.2) is 9.82 Å². The first-order chi connectivity index (χ1) is 13.1. The molecule has 0 aliphatic rings. The van der Waals surface area contributed by atoms with E-state index >= 15 is 0 Å². The Morgan fingerprint density at radius 1 is 1.14 bits per heavy atom. The molecule has 0 heterocycles. The van der Waals surface area contributed by atoms with Crippen molar-refractivity contribution in [2.24, 2.45) is 11.1 Å². The molecule has 0 atom stereocenters. The molecule has 0 aliphatic carbocycles. The van der Waals surface area contributed by atoms with Crippen molar-refractivity contribution in [3.63, 3.8) is 0 Å². The van der Waals surface area contributed by atoms with E-state index in [0.717, 1.165) is 5.56 Å². The highest BCUT2D eigenvalue weighted by atomic mass is 35.5. The summed E-state index contributed by atoms with van der Waals surface area (Å²) in [5, 5.41) is 3.12. The normalized spacial score (nSPS) is 11.2. The molecule has 2 amide bonds. The molecular formula is C20H24ClFN4O2. The molecule has 5 N–H and O–H groups in total. The summed E-state index contributed by atoms with van der Waals surface area (Å²) in [6.07, 6.45) is 0. The molecule has 0 radical (unpaired) electrons. The first kappa shape index (κ1) is 21.8. The third-order valence-corrected chi connectivity index (χ3v) is 4.19. The Kier molecular flexibility index (Phi) is 7.12. The zero-order valence-electron chi connectivity index (χ0n) is 16.0. The van der Waals surface area contributed by atoms with Gasteiger partial charge in [0.2, 0.25) is 5.91 Å². The summed E-state index contributed by atoms with van der Waals surface area (Å²) in [5.41, 5.74) is 12.3. The Balaban J connectivity index is 2.19. The molecule has 2 rings (SSSR count).